The van der Waals surface area contributed by atoms with Crippen LogP contribution >= 0.6 is 0 Å². The van der Waals surface area contributed by atoms with E-state index < -0.39 is 11.7 Å². The molecule has 4 aromatic rings. The first-order valence-electron chi connectivity index (χ1n) is 10.0. The highest BCUT2D eigenvalue weighted by Crippen LogP contribution is 2.13. The number of nitrogens with one attached hydrogen (secondary N) is 3. The summed E-state index contributed by atoms with van der Waals surface area (Å²) in [4.78, 5) is 27.9. The molecule has 3 aromatic heterocycles. The number of fused-ring (bicyclic) bond motifs is 1. The van der Waals surface area contributed by atoms with Crippen molar-refractivity contribution in [2.45, 2.75) is 19.4 Å². The average molecular weight is 433 g/mol. The molecule has 0 aliphatic rings. The summed E-state index contributed by atoms with van der Waals surface area (Å²) in [6.45, 7) is 1.27. The molecule has 0 saturated heterocycles. The number of carbonyl (C=O) groups is 1. The zero-order valence-corrected chi connectivity index (χ0v) is 17.1. The zero-order valence-electron chi connectivity index (χ0n) is 17.1. The molecule has 32 heavy (non-hydrogen) atoms. The Morgan fingerprint density at radius 2 is 2.09 bits per heavy atom. The predicted molar refractivity (Wildman–Crippen MR) is 113 cm³/mol. The molecule has 0 spiro atoms. The first-order chi connectivity index (χ1) is 15.6. The highest BCUT2D eigenvalue weighted by atomic mass is 19.1. The molecule has 0 atom stereocenters. The maximum Gasteiger partial charge on any atom is 0.273 e. The van der Waals surface area contributed by atoms with Crippen LogP contribution in [-0.4, -0.2) is 38.9 Å². The second kappa shape index (κ2) is 9.80. The van der Waals surface area contributed by atoms with Gasteiger partial charge in [0.2, 0.25) is 0 Å². The lowest BCUT2D eigenvalue weighted by Gasteiger charge is -2.03. The topological polar surface area (TPSA) is 133 Å². The summed E-state index contributed by atoms with van der Waals surface area (Å²) in [5, 5.41) is 14.8. The van der Waals surface area contributed by atoms with Gasteiger partial charge in [0.15, 0.2) is 11.6 Å². The van der Waals surface area contributed by atoms with Gasteiger partial charge in [-0.15, -0.1) is 0 Å². The lowest BCUT2D eigenvalue weighted by molar-refractivity contribution is 0.0945. The van der Waals surface area contributed by atoms with E-state index in [2.05, 4.69) is 36.6 Å². The molecule has 0 saturated carbocycles. The number of nitriles is 1. The van der Waals surface area contributed by atoms with Crippen LogP contribution in [0.15, 0.2) is 47.2 Å². The summed E-state index contributed by atoms with van der Waals surface area (Å²) in [7, 11) is 0. The molecule has 0 aliphatic carbocycles. The third-order valence-electron chi connectivity index (χ3n) is 4.75. The van der Waals surface area contributed by atoms with Crippen molar-refractivity contribution >= 4 is 16.9 Å². The minimum atomic E-state index is -0.478. The quantitative estimate of drug-likeness (QED) is 0.345. The summed E-state index contributed by atoms with van der Waals surface area (Å²) in [5.41, 5.74) is 2.55. The van der Waals surface area contributed by atoms with Crippen molar-refractivity contribution in [3.8, 4) is 6.07 Å². The highest BCUT2D eigenvalue weighted by molar-refractivity contribution is 5.91. The molecule has 0 radical (unpaired) electrons. The molecular weight excluding hydrogens is 413 g/mol. The van der Waals surface area contributed by atoms with E-state index in [1.54, 1.807) is 12.1 Å². The van der Waals surface area contributed by atoms with Crippen LogP contribution in [-0.2, 0) is 19.4 Å². The Bertz CT molecular complexity index is 1270. The number of amides is 1. The van der Waals surface area contributed by atoms with Gasteiger partial charge in [0.05, 0.1) is 34.9 Å². The van der Waals surface area contributed by atoms with E-state index in [1.807, 2.05) is 6.07 Å². The lowest BCUT2D eigenvalue weighted by Crippen LogP contribution is -2.24. The Labute approximate surface area is 182 Å². The van der Waals surface area contributed by atoms with Crippen LogP contribution in [0.5, 0.6) is 0 Å². The summed E-state index contributed by atoms with van der Waals surface area (Å²) >= 11 is 0. The molecule has 4 rings (SSSR count). The molecule has 3 N–H and O–H groups in total. The first kappa shape index (κ1) is 21.1. The van der Waals surface area contributed by atoms with Gasteiger partial charge in [-0.2, -0.15) is 5.26 Å². The third-order valence-corrected chi connectivity index (χ3v) is 4.75. The van der Waals surface area contributed by atoms with E-state index in [9.17, 15) is 9.18 Å². The molecule has 3 heterocycles. The normalized spacial score (nSPS) is 10.9. The minimum absolute atomic E-state index is 0.0329. The van der Waals surface area contributed by atoms with Crippen LogP contribution in [0.1, 0.15) is 33.5 Å². The Morgan fingerprint density at radius 3 is 2.94 bits per heavy atom. The van der Waals surface area contributed by atoms with Crippen LogP contribution in [0.25, 0.3) is 11.0 Å². The Balaban J connectivity index is 1.19. The summed E-state index contributed by atoms with van der Waals surface area (Å²) < 4.78 is 18.9. The van der Waals surface area contributed by atoms with Crippen LogP contribution < -0.4 is 10.6 Å². The number of nitrogens with zero attached hydrogens (tertiary/aromatic N) is 4. The number of hydrogen-bond donors (Lipinski definition) is 3. The van der Waals surface area contributed by atoms with Gasteiger partial charge < -0.3 is 20.0 Å². The summed E-state index contributed by atoms with van der Waals surface area (Å²) in [6.07, 6.45) is 3.95. The van der Waals surface area contributed by atoms with Crippen molar-refractivity contribution in [2.75, 3.05) is 13.1 Å². The van der Waals surface area contributed by atoms with E-state index in [4.69, 9.17) is 9.68 Å². The van der Waals surface area contributed by atoms with E-state index in [-0.39, 0.29) is 17.9 Å². The number of hydrogen-bond acceptors (Lipinski definition) is 7. The van der Waals surface area contributed by atoms with Gasteiger partial charge in [0.25, 0.3) is 5.91 Å². The number of aromatic amines is 1. The van der Waals surface area contributed by atoms with Gasteiger partial charge >= 0.3 is 0 Å². The molecule has 0 aliphatic heterocycles. The van der Waals surface area contributed by atoms with Crippen molar-refractivity contribution < 1.29 is 13.6 Å². The highest BCUT2D eigenvalue weighted by Gasteiger charge is 2.13. The largest absolute Gasteiger partial charge is 0.448 e. The van der Waals surface area contributed by atoms with Gasteiger partial charge in [-0.05, 0) is 30.3 Å². The molecule has 0 unspecified atom stereocenters. The lowest BCUT2D eigenvalue weighted by atomic mass is 10.2. The van der Waals surface area contributed by atoms with Crippen LogP contribution in [0, 0.1) is 17.1 Å². The number of benzene rings is 1. The van der Waals surface area contributed by atoms with Gasteiger partial charge in [-0.25, -0.2) is 14.4 Å². The molecule has 0 fully saturated rings. The zero-order chi connectivity index (χ0) is 22.3. The van der Waals surface area contributed by atoms with Gasteiger partial charge in [-0.3, -0.25) is 9.78 Å². The Hall–Kier alpha value is -4.10. The van der Waals surface area contributed by atoms with Crippen molar-refractivity contribution in [3.63, 3.8) is 0 Å². The fraction of sp³-hybridized carbons (Fsp3) is 0.227. The fourth-order valence-corrected chi connectivity index (χ4v) is 3.11. The van der Waals surface area contributed by atoms with E-state index in [1.165, 1.54) is 24.6 Å². The summed E-state index contributed by atoms with van der Waals surface area (Å²) in [5.74, 6) is 0.332. The van der Waals surface area contributed by atoms with Gasteiger partial charge in [-0.1, -0.05) is 0 Å². The minimum Gasteiger partial charge on any atom is -0.448 e. The SMILES string of the molecule is N#Cc1ccc2nc(CCNCCc3nc(C(=O)NCc4ncccc4F)co3)[nH]c2c1. The second-order valence-corrected chi connectivity index (χ2v) is 7.02. The monoisotopic (exact) mass is 433 g/mol. The smallest absolute Gasteiger partial charge is 0.273 e. The maximum absolute atomic E-state index is 13.6. The van der Waals surface area contributed by atoms with Crippen molar-refractivity contribution in [1.29, 1.82) is 5.26 Å². The Morgan fingerprint density at radius 1 is 1.22 bits per heavy atom. The summed E-state index contributed by atoms with van der Waals surface area (Å²) in [6, 6.07) is 10.2. The number of halogens is 1. The van der Waals surface area contributed by atoms with Crippen LogP contribution in [0.3, 0.4) is 0 Å². The molecule has 9 nitrogen and oxygen atoms in total. The predicted octanol–water partition coefficient (Wildman–Crippen LogP) is 2.26. The number of aromatic nitrogens is 4. The third kappa shape index (κ3) is 5.14. The van der Waals surface area contributed by atoms with Crippen molar-refractivity contribution in [3.05, 3.63) is 77.3 Å². The van der Waals surface area contributed by atoms with Gasteiger partial charge in [0.1, 0.15) is 17.9 Å². The fourth-order valence-electron chi connectivity index (χ4n) is 3.11. The number of oxazole rings is 1. The van der Waals surface area contributed by atoms with Crippen molar-refractivity contribution in [2.24, 2.45) is 0 Å². The van der Waals surface area contributed by atoms with Crippen molar-refractivity contribution in [1.82, 2.24) is 30.6 Å². The van der Waals surface area contributed by atoms with Crippen LogP contribution in [0.4, 0.5) is 4.39 Å². The number of pyridine rings is 1. The number of rotatable bonds is 9. The number of H-pyrrole nitrogens is 1. The van der Waals surface area contributed by atoms with E-state index in [0.29, 0.717) is 37.4 Å². The molecule has 162 valence electrons. The van der Waals surface area contributed by atoms with Gasteiger partial charge in [0, 0.05) is 32.1 Å². The second-order valence-electron chi connectivity index (χ2n) is 7.02. The number of carbonyl (C=O) groups excluding carboxylic acids is 1. The van der Waals surface area contributed by atoms with E-state index in [0.717, 1.165) is 16.9 Å². The molecule has 1 amide bonds. The van der Waals surface area contributed by atoms with E-state index >= 15 is 0 Å². The average Bonchev–Trinajstić information content (AvgIpc) is 3.44. The molecule has 0 bridgehead atoms. The molecule has 1 aromatic carbocycles. The standard InChI is InChI=1S/C22H20FN7O2/c23-15-2-1-7-26-18(15)12-27-22(31)19-13-32-21(30-19)6-9-25-8-5-20-28-16-4-3-14(11-24)10-17(16)29-20/h1-4,7,10,13,25H,5-6,8-9,12H2,(H,27,31)(H,28,29). The molecular formula is C22H20FN7O2. The maximum atomic E-state index is 13.6. The first-order valence-corrected chi connectivity index (χ1v) is 10.0. The number of imidazole rings is 1. The Kier molecular flexibility index (Phi) is 6.48. The molecule has 10 heteroatoms. The van der Waals surface area contributed by atoms with Crippen LogP contribution in [0.2, 0.25) is 0 Å².